The molecule has 36 heavy (non-hydrogen) atoms. The molecule has 3 N–H and O–H groups in total. The molecule has 3 heterocycles. The Hall–Kier alpha value is -2.91. The number of hydrogen-bond acceptors (Lipinski definition) is 6. The number of pyridine rings is 2. The maximum atomic E-state index is 13.7. The third kappa shape index (κ3) is 4.86. The van der Waals surface area contributed by atoms with E-state index in [0.29, 0.717) is 33.2 Å². The molecule has 0 saturated carbocycles. The summed E-state index contributed by atoms with van der Waals surface area (Å²) in [6, 6.07) is 9.85. The SMILES string of the molecule is CC(C)(CNc1ccc2nc(Nc3c(Cl)cc(F)cc3Cl)c3cc[nH]c(=O)c3c2c1)N1CCOCC1. The first kappa shape index (κ1) is 24.8. The number of nitrogens with one attached hydrogen (secondary N) is 3. The summed E-state index contributed by atoms with van der Waals surface area (Å²) in [7, 11) is 0. The molecule has 5 rings (SSSR count). The summed E-state index contributed by atoms with van der Waals surface area (Å²) < 4.78 is 19.2. The molecule has 0 bridgehead atoms. The van der Waals surface area contributed by atoms with Crippen LogP contribution in [0.15, 0.2) is 47.4 Å². The van der Waals surface area contributed by atoms with Gasteiger partial charge in [-0.2, -0.15) is 0 Å². The maximum Gasteiger partial charge on any atom is 0.256 e. The van der Waals surface area contributed by atoms with Gasteiger partial charge in [-0.15, -0.1) is 0 Å². The Bertz CT molecular complexity index is 1480. The summed E-state index contributed by atoms with van der Waals surface area (Å²) in [6.07, 6.45) is 1.56. The Morgan fingerprint density at radius 2 is 1.83 bits per heavy atom. The molecule has 0 unspecified atom stereocenters. The molecule has 0 atom stereocenters. The number of halogens is 3. The van der Waals surface area contributed by atoms with Gasteiger partial charge in [0, 0.05) is 47.8 Å². The van der Waals surface area contributed by atoms with E-state index in [1.54, 1.807) is 12.3 Å². The second-order valence-electron chi connectivity index (χ2n) is 9.42. The van der Waals surface area contributed by atoms with E-state index < -0.39 is 5.82 Å². The van der Waals surface area contributed by atoms with Gasteiger partial charge in [0.1, 0.15) is 11.6 Å². The van der Waals surface area contributed by atoms with Gasteiger partial charge in [0.2, 0.25) is 0 Å². The number of hydrogen-bond donors (Lipinski definition) is 3. The number of fused-ring (bicyclic) bond motifs is 3. The summed E-state index contributed by atoms with van der Waals surface area (Å²) in [5, 5.41) is 8.64. The molecule has 0 amide bonds. The standard InChI is InChI=1S/C26H26Cl2FN5O2/c1-26(2,34-7-9-36-10-8-34)14-31-16-3-4-21-18(13-16)22-17(5-6-30-25(22)35)24(32-21)33-23-19(27)11-15(29)12-20(23)28/h3-6,11-13,31H,7-10,14H2,1-2H3,(H,30,35)(H,32,33). The Balaban J connectivity index is 1.52. The topological polar surface area (TPSA) is 82.3 Å². The third-order valence-corrected chi connectivity index (χ3v) is 7.15. The lowest BCUT2D eigenvalue weighted by Crippen LogP contribution is -2.53. The van der Waals surface area contributed by atoms with Crippen molar-refractivity contribution in [2.75, 3.05) is 43.5 Å². The Morgan fingerprint density at radius 1 is 1.11 bits per heavy atom. The van der Waals surface area contributed by atoms with E-state index in [1.165, 1.54) is 12.1 Å². The summed E-state index contributed by atoms with van der Waals surface area (Å²) in [4.78, 5) is 22.9. The van der Waals surface area contributed by atoms with Crippen LogP contribution in [0.1, 0.15) is 13.8 Å². The first-order valence-electron chi connectivity index (χ1n) is 11.7. The highest BCUT2D eigenvalue weighted by Crippen LogP contribution is 2.36. The average molecular weight is 530 g/mol. The molecular formula is C26H26Cl2FN5O2. The van der Waals surface area contributed by atoms with Crippen molar-refractivity contribution in [1.82, 2.24) is 14.9 Å². The molecule has 1 saturated heterocycles. The van der Waals surface area contributed by atoms with Crippen LogP contribution in [0.2, 0.25) is 10.0 Å². The van der Waals surface area contributed by atoms with Crippen LogP contribution in [-0.2, 0) is 4.74 Å². The van der Waals surface area contributed by atoms with E-state index in [4.69, 9.17) is 32.9 Å². The van der Waals surface area contributed by atoms with Gasteiger partial charge in [-0.25, -0.2) is 9.37 Å². The molecule has 1 fully saturated rings. The molecule has 7 nitrogen and oxygen atoms in total. The molecule has 0 aliphatic carbocycles. The summed E-state index contributed by atoms with van der Waals surface area (Å²) >= 11 is 12.5. The van der Waals surface area contributed by atoms with Crippen molar-refractivity contribution in [1.29, 1.82) is 0 Å². The Labute approximate surface area is 217 Å². The molecule has 0 spiro atoms. The zero-order valence-corrected chi connectivity index (χ0v) is 21.4. The number of rotatable bonds is 6. The number of aromatic amines is 1. The summed E-state index contributed by atoms with van der Waals surface area (Å²) in [5.41, 5.74) is 1.51. The van der Waals surface area contributed by atoms with Crippen LogP contribution in [0.3, 0.4) is 0 Å². The van der Waals surface area contributed by atoms with Crippen molar-refractivity contribution in [3.8, 4) is 0 Å². The van der Waals surface area contributed by atoms with Crippen molar-refractivity contribution in [3.05, 3.63) is 68.8 Å². The molecule has 2 aromatic carbocycles. The van der Waals surface area contributed by atoms with E-state index in [1.807, 2.05) is 18.2 Å². The van der Waals surface area contributed by atoms with Crippen molar-refractivity contribution >= 4 is 62.1 Å². The van der Waals surface area contributed by atoms with Gasteiger partial charge in [-0.05, 0) is 50.2 Å². The molecular weight excluding hydrogens is 504 g/mol. The molecule has 2 aromatic heterocycles. The van der Waals surface area contributed by atoms with Gasteiger partial charge < -0.3 is 20.4 Å². The van der Waals surface area contributed by atoms with Crippen LogP contribution < -0.4 is 16.2 Å². The lowest BCUT2D eigenvalue weighted by molar-refractivity contribution is -0.00568. The van der Waals surface area contributed by atoms with Gasteiger partial charge in [-0.3, -0.25) is 9.69 Å². The van der Waals surface area contributed by atoms with Crippen LogP contribution in [0.4, 0.5) is 21.6 Å². The average Bonchev–Trinajstić information content (AvgIpc) is 2.85. The van der Waals surface area contributed by atoms with Crippen molar-refractivity contribution in [3.63, 3.8) is 0 Å². The first-order chi connectivity index (χ1) is 17.2. The summed E-state index contributed by atoms with van der Waals surface area (Å²) in [6.45, 7) is 8.41. The quantitative estimate of drug-likeness (QED) is 0.274. The number of anilines is 3. The van der Waals surface area contributed by atoms with E-state index >= 15 is 0 Å². The molecule has 4 aromatic rings. The van der Waals surface area contributed by atoms with Gasteiger partial charge in [-0.1, -0.05) is 23.2 Å². The zero-order chi connectivity index (χ0) is 25.4. The largest absolute Gasteiger partial charge is 0.383 e. The number of aromatic nitrogens is 2. The Kier molecular flexibility index (Phi) is 6.78. The fourth-order valence-electron chi connectivity index (χ4n) is 4.54. The lowest BCUT2D eigenvalue weighted by Gasteiger charge is -2.41. The molecule has 1 aliphatic heterocycles. The highest BCUT2D eigenvalue weighted by molar-refractivity contribution is 6.39. The van der Waals surface area contributed by atoms with E-state index in [0.717, 1.165) is 38.5 Å². The fraction of sp³-hybridized carbons (Fsp3) is 0.308. The smallest absolute Gasteiger partial charge is 0.256 e. The number of benzene rings is 2. The van der Waals surface area contributed by atoms with Crippen molar-refractivity contribution in [2.24, 2.45) is 0 Å². The minimum Gasteiger partial charge on any atom is -0.383 e. The van der Waals surface area contributed by atoms with Crippen LogP contribution in [-0.4, -0.2) is 53.3 Å². The van der Waals surface area contributed by atoms with Crippen LogP contribution in [0.25, 0.3) is 21.7 Å². The molecule has 0 radical (unpaired) electrons. The van der Waals surface area contributed by atoms with Gasteiger partial charge in [0.05, 0.1) is 39.8 Å². The predicted molar refractivity (Wildman–Crippen MR) is 145 cm³/mol. The van der Waals surface area contributed by atoms with Crippen LogP contribution >= 0.6 is 23.2 Å². The number of H-pyrrole nitrogens is 1. The highest BCUT2D eigenvalue weighted by atomic mass is 35.5. The second kappa shape index (κ2) is 9.86. The van der Waals surface area contributed by atoms with Crippen LogP contribution in [0.5, 0.6) is 0 Å². The molecule has 10 heteroatoms. The van der Waals surface area contributed by atoms with E-state index in [2.05, 4.69) is 34.4 Å². The van der Waals surface area contributed by atoms with Crippen molar-refractivity contribution in [2.45, 2.75) is 19.4 Å². The maximum absolute atomic E-state index is 13.7. The lowest BCUT2D eigenvalue weighted by atomic mass is 10.0. The van der Waals surface area contributed by atoms with E-state index in [-0.39, 0.29) is 21.1 Å². The van der Waals surface area contributed by atoms with Gasteiger partial charge in [0.25, 0.3) is 5.56 Å². The Morgan fingerprint density at radius 3 is 2.56 bits per heavy atom. The van der Waals surface area contributed by atoms with Gasteiger partial charge >= 0.3 is 0 Å². The molecule has 1 aliphatic rings. The third-order valence-electron chi connectivity index (χ3n) is 6.56. The number of ether oxygens (including phenoxy) is 1. The fourth-order valence-corrected chi connectivity index (χ4v) is 5.10. The predicted octanol–water partition coefficient (Wildman–Crippen LogP) is 5.79. The number of morpholine rings is 1. The highest BCUT2D eigenvalue weighted by Gasteiger charge is 2.28. The normalized spacial score (nSPS) is 14.9. The second-order valence-corrected chi connectivity index (χ2v) is 10.2. The van der Waals surface area contributed by atoms with Crippen molar-refractivity contribution < 1.29 is 9.13 Å². The van der Waals surface area contributed by atoms with Gasteiger partial charge in [0.15, 0.2) is 0 Å². The minimum absolute atomic E-state index is 0.0714. The first-order valence-corrected chi connectivity index (χ1v) is 12.4. The summed E-state index contributed by atoms with van der Waals surface area (Å²) in [5.74, 6) is -0.145. The monoisotopic (exact) mass is 529 g/mol. The van der Waals surface area contributed by atoms with Crippen LogP contribution in [0, 0.1) is 5.82 Å². The minimum atomic E-state index is -0.542. The molecule has 188 valence electrons. The van der Waals surface area contributed by atoms with E-state index in [9.17, 15) is 9.18 Å². The number of nitrogens with zero attached hydrogens (tertiary/aromatic N) is 2. The zero-order valence-electron chi connectivity index (χ0n) is 19.9.